The van der Waals surface area contributed by atoms with Crippen LogP contribution in [0.1, 0.15) is 29.8 Å². The summed E-state index contributed by atoms with van der Waals surface area (Å²) < 4.78 is 5.15. The van der Waals surface area contributed by atoms with Crippen LogP contribution in [0.3, 0.4) is 0 Å². The molecule has 1 atom stereocenters. The van der Waals surface area contributed by atoms with Gasteiger partial charge in [0.05, 0.1) is 18.8 Å². The van der Waals surface area contributed by atoms with Gasteiger partial charge in [0, 0.05) is 6.07 Å². The topological polar surface area (TPSA) is 47.0 Å². The summed E-state index contributed by atoms with van der Waals surface area (Å²) in [5, 5.41) is 3.30. The molecule has 20 heavy (non-hydrogen) atoms. The van der Waals surface area contributed by atoms with Gasteiger partial charge in [-0.25, -0.2) is 9.97 Å². The number of ether oxygens (including phenoxy) is 1. The molecule has 0 spiro atoms. The summed E-state index contributed by atoms with van der Waals surface area (Å²) in [7, 11) is 3.56. The third-order valence-electron chi connectivity index (χ3n) is 3.45. The molecule has 0 saturated carbocycles. The van der Waals surface area contributed by atoms with Gasteiger partial charge in [-0.2, -0.15) is 0 Å². The lowest BCUT2D eigenvalue weighted by Gasteiger charge is -2.16. The van der Waals surface area contributed by atoms with E-state index >= 15 is 0 Å². The number of nitrogens with zero attached hydrogens (tertiary/aromatic N) is 2. The largest absolute Gasteiger partial charge is 0.481 e. The summed E-state index contributed by atoms with van der Waals surface area (Å²) in [4.78, 5) is 8.38. The highest BCUT2D eigenvalue weighted by molar-refractivity contribution is 5.25. The Bertz CT molecular complexity index is 540. The highest BCUT2D eigenvalue weighted by Gasteiger charge is 2.12. The minimum atomic E-state index is 0.152. The third-order valence-corrected chi connectivity index (χ3v) is 3.45. The Balaban J connectivity index is 2.14. The van der Waals surface area contributed by atoms with Crippen molar-refractivity contribution >= 4 is 0 Å². The van der Waals surface area contributed by atoms with Gasteiger partial charge in [0.15, 0.2) is 0 Å². The van der Waals surface area contributed by atoms with Gasteiger partial charge in [-0.1, -0.05) is 31.2 Å². The molecular weight excluding hydrogens is 250 g/mol. The van der Waals surface area contributed by atoms with E-state index in [2.05, 4.69) is 46.5 Å². The van der Waals surface area contributed by atoms with Crippen LogP contribution in [0, 0.1) is 0 Å². The lowest BCUT2D eigenvalue weighted by molar-refractivity contribution is 0.394. The Morgan fingerprint density at radius 1 is 1.15 bits per heavy atom. The average Bonchev–Trinajstić information content (AvgIpc) is 2.53. The third kappa shape index (κ3) is 3.54. The van der Waals surface area contributed by atoms with Gasteiger partial charge in [-0.05, 0) is 31.0 Å². The summed E-state index contributed by atoms with van der Waals surface area (Å²) in [6.07, 6.45) is 3.50. The van der Waals surface area contributed by atoms with Gasteiger partial charge in [-0.15, -0.1) is 0 Å². The Morgan fingerprint density at radius 3 is 2.45 bits per heavy atom. The van der Waals surface area contributed by atoms with Crippen molar-refractivity contribution in [3.05, 3.63) is 53.5 Å². The minimum Gasteiger partial charge on any atom is -0.481 e. The van der Waals surface area contributed by atoms with Crippen LogP contribution in [0.2, 0.25) is 0 Å². The van der Waals surface area contributed by atoms with E-state index in [4.69, 9.17) is 4.74 Å². The maximum Gasteiger partial charge on any atom is 0.216 e. The molecule has 0 bridgehead atoms. The van der Waals surface area contributed by atoms with Crippen LogP contribution in [0.5, 0.6) is 5.88 Å². The average molecular weight is 271 g/mol. The smallest absolute Gasteiger partial charge is 0.216 e. The van der Waals surface area contributed by atoms with E-state index in [-0.39, 0.29) is 6.04 Å². The van der Waals surface area contributed by atoms with Gasteiger partial charge in [0.2, 0.25) is 5.88 Å². The first-order chi connectivity index (χ1) is 9.76. The van der Waals surface area contributed by atoms with Crippen LogP contribution in [0.25, 0.3) is 0 Å². The number of aromatic nitrogens is 2. The molecule has 2 rings (SSSR count). The summed E-state index contributed by atoms with van der Waals surface area (Å²) in [6.45, 7) is 2.17. The van der Waals surface area contributed by atoms with Gasteiger partial charge in [0.25, 0.3) is 0 Å². The van der Waals surface area contributed by atoms with Crippen molar-refractivity contribution in [2.45, 2.75) is 25.8 Å². The second-order valence-electron chi connectivity index (χ2n) is 4.70. The first-order valence-corrected chi connectivity index (χ1v) is 6.87. The number of hydrogen-bond acceptors (Lipinski definition) is 4. The highest BCUT2D eigenvalue weighted by Crippen LogP contribution is 2.19. The number of aryl methyl sites for hydroxylation is 1. The molecule has 1 heterocycles. The van der Waals surface area contributed by atoms with Crippen LogP contribution < -0.4 is 10.1 Å². The molecule has 4 heteroatoms. The van der Waals surface area contributed by atoms with Crippen molar-refractivity contribution in [1.29, 1.82) is 0 Å². The minimum absolute atomic E-state index is 0.152. The Morgan fingerprint density at radius 2 is 1.85 bits per heavy atom. The fourth-order valence-electron chi connectivity index (χ4n) is 2.16. The summed E-state index contributed by atoms with van der Waals surface area (Å²) in [5.74, 6) is 0.594. The molecular formula is C16H21N3O. The van der Waals surface area contributed by atoms with Gasteiger partial charge in [0.1, 0.15) is 6.33 Å². The number of methoxy groups -OCH3 is 1. The molecule has 0 amide bonds. The van der Waals surface area contributed by atoms with Crippen LogP contribution in [-0.2, 0) is 12.8 Å². The molecule has 106 valence electrons. The molecule has 1 unspecified atom stereocenters. The fourth-order valence-corrected chi connectivity index (χ4v) is 2.16. The quantitative estimate of drug-likeness (QED) is 0.877. The Kier molecular flexibility index (Phi) is 5.07. The molecule has 4 nitrogen and oxygen atoms in total. The van der Waals surface area contributed by atoms with E-state index < -0.39 is 0 Å². The van der Waals surface area contributed by atoms with Crippen LogP contribution in [0.4, 0.5) is 0 Å². The van der Waals surface area contributed by atoms with Gasteiger partial charge in [-0.3, -0.25) is 0 Å². The van der Waals surface area contributed by atoms with E-state index in [1.807, 2.05) is 13.1 Å². The predicted molar refractivity (Wildman–Crippen MR) is 79.9 cm³/mol. The predicted octanol–water partition coefficient (Wildman–Crippen LogP) is 2.55. The van der Waals surface area contributed by atoms with Crippen molar-refractivity contribution in [2.75, 3.05) is 14.2 Å². The van der Waals surface area contributed by atoms with Gasteiger partial charge >= 0.3 is 0 Å². The molecule has 0 saturated heterocycles. The molecule has 0 fully saturated rings. The number of hydrogen-bond donors (Lipinski definition) is 1. The van der Waals surface area contributed by atoms with Crippen molar-refractivity contribution in [3.8, 4) is 5.88 Å². The maximum absolute atomic E-state index is 5.15. The Labute approximate surface area is 120 Å². The molecule has 1 N–H and O–H groups in total. The zero-order valence-electron chi connectivity index (χ0n) is 12.3. The SMILES string of the molecule is CCc1ccc(CC(NC)c2cc(OC)ncn2)cc1. The zero-order valence-corrected chi connectivity index (χ0v) is 12.3. The van der Waals surface area contributed by atoms with Crippen LogP contribution >= 0.6 is 0 Å². The van der Waals surface area contributed by atoms with Crippen molar-refractivity contribution in [1.82, 2.24) is 15.3 Å². The van der Waals surface area contributed by atoms with E-state index in [0.717, 1.165) is 18.5 Å². The molecule has 1 aromatic heterocycles. The molecule has 0 aliphatic carbocycles. The zero-order chi connectivity index (χ0) is 14.4. The highest BCUT2D eigenvalue weighted by atomic mass is 16.5. The molecule has 0 aliphatic heterocycles. The number of likely N-dealkylation sites (N-methyl/N-ethyl adjacent to an activating group) is 1. The van der Waals surface area contributed by atoms with Gasteiger partial charge < -0.3 is 10.1 Å². The molecule has 1 aromatic carbocycles. The first-order valence-electron chi connectivity index (χ1n) is 6.87. The second-order valence-corrected chi connectivity index (χ2v) is 4.70. The van der Waals surface area contributed by atoms with Crippen LogP contribution in [-0.4, -0.2) is 24.1 Å². The normalized spacial score (nSPS) is 12.2. The van der Waals surface area contributed by atoms with Crippen LogP contribution in [0.15, 0.2) is 36.7 Å². The summed E-state index contributed by atoms with van der Waals surface area (Å²) in [6, 6.07) is 10.8. The maximum atomic E-state index is 5.15. The number of rotatable bonds is 6. The number of nitrogens with one attached hydrogen (secondary N) is 1. The monoisotopic (exact) mass is 271 g/mol. The number of benzene rings is 1. The second kappa shape index (κ2) is 7.01. The summed E-state index contributed by atoms with van der Waals surface area (Å²) in [5.41, 5.74) is 3.59. The first kappa shape index (κ1) is 14.5. The van der Waals surface area contributed by atoms with E-state index in [1.54, 1.807) is 13.4 Å². The Hall–Kier alpha value is -1.94. The van der Waals surface area contributed by atoms with E-state index in [9.17, 15) is 0 Å². The fraction of sp³-hybridized carbons (Fsp3) is 0.375. The summed E-state index contributed by atoms with van der Waals surface area (Å²) >= 11 is 0. The van der Waals surface area contributed by atoms with Crippen molar-refractivity contribution in [2.24, 2.45) is 0 Å². The molecule has 0 aliphatic rings. The van der Waals surface area contributed by atoms with E-state index in [1.165, 1.54) is 11.1 Å². The van der Waals surface area contributed by atoms with Crippen molar-refractivity contribution in [3.63, 3.8) is 0 Å². The standard InChI is InChI=1S/C16H21N3O/c1-4-12-5-7-13(8-6-12)9-14(17-2)15-10-16(20-3)19-11-18-15/h5-8,10-11,14,17H,4,9H2,1-3H3. The molecule has 0 radical (unpaired) electrons. The van der Waals surface area contributed by atoms with E-state index in [0.29, 0.717) is 5.88 Å². The lowest BCUT2D eigenvalue weighted by Crippen LogP contribution is -2.20. The van der Waals surface area contributed by atoms with Crippen molar-refractivity contribution < 1.29 is 4.74 Å². The lowest BCUT2D eigenvalue weighted by atomic mass is 10.0. The molecule has 2 aromatic rings.